The molecule has 2 nitrogen and oxygen atoms in total. The number of thiol groups is 1. The summed E-state index contributed by atoms with van der Waals surface area (Å²) in [7, 11) is 0. The molecule has 0 radical (unpaired) electrons. The number of hydrogen-bond donors (Lipinski definition) is 1. The summed E-state index contributed by atoms with van der Waals surface area (Å²) in [5, 5.41) is -0.314. The van der Waals surface area contributed by atoms with Crippen LogP contribution in [-0.2, 0) is 0 Å². The van der Waals surface area contributed by atoms with E-state index in [1.165, 1.54) is 12.1 Å². The second kappa shape index (κ2) is 3.27. The molecule has 0 aliphatic carbocycles. The summed E-state index contributed by atoms with van der Waals surface area (Å²) < 4.78 is 44.1. The van der Waals surface area contributed by atoms with Gasteiger partial charge in [0.2, 0.25) is 6.30 Å². The predicted octanol–water partition coefficient (Wildman–Crippen LogP) is 2.46. The van der Waals surface area contributed by atoms with Gasteiger partial charge in [-0.3, -0.25) is 0 Å². The van der Waals surface area contributed by atoms with Gasteiger partial charge < -0.3 is 4.74 Å². The maximum Gasteiger partial charge on any atom is 0.246 e. The van der Waals surface area contributed by atoms with Gasteiger partial charge in [-0.1, -0.05) is 10.5 Å². The monoisotopic (exact) mass is 221 g/mol. The normalized spacial score (nSPS) is 25.6. The number of nitrogens with zero attached hydrogens (tertiary/aromatic N) is 1. The highest BCUT2D eigenvalue weighted by Crippen LogP contribution is 2.39. The fourth-order valence-corrected chi connectivity index (χ4v) is 1.45. The topological polar surface area (TPSA) is 12.5 Å². The van der Waals surface area contributed by atoms with Crippen LogP contribution in [0.1, 0.15) is 0 Å². The van der Waals surface area contributed by atoms with E-state index in [0.29, 0.717) is 0 Å². The van der Waals surface area contributed by atoms with Crippen LogP contribution in [0.2, 0.25) is 0 Å². The van der Waals surface area contributed by atoms with Gasteiger partial charge in [-0.05, 0) is 12.1 Å². The lowest BCUT2D eigenvalue weighted by atomic mass is 10.2. The zero-order valence-electron chi connectivity index (χ0n) is 6.82. The summed E-state index contributed by atoms with van der Waals surface area (Å²) in [4.78, 5) is 0. The van der Waals surface area contributed by atoms with Crippen molar-refractivity contribution in [2.75, 3.05) is 5.12 Å². The van der Waals surface area contributed by atoms with Crippen LogP contribution in [0.3, 0.4) is 0 Å². The highest BCUT2D eigenvalue weighted by molar-refractivity contribution is 7.80. The molecule has 1 aliphatic rings. The van der Waals surface area contributed by atoms with Crippen molar-refractivity contribution in [3.63, 3.8) is 0 Å². The molecule has 1 aromatic rings. The van der Waals surface area contributed by atoms with E-state index in [9.17, 15) is 13.3 Å². The van der Waals surface area contributed by atoms with Crippen LogP contribution in [0, 0.1) is 5.82 Å². The Morgan fingerprint density at radius 1 is 1.43 bits per heavy atom. The van der Waals surface area contributed by atoms with Gasteiger partial charge in [-0.25, -0.2) is 8.78 Å². The Balaban J connectivity index is 2.51. The smallest absolute Gasteiger partial charge is 0.246 e. The SMILES string of the molecule is Fc1cccc2c1N(F)C(F)C(S)O2. The Labute approximate surface area is 83.6 Å². The van der Waals surface area contributed by atoms with Crippen molar-refractivity contribution in [2.45, 2.75) is 11.7 Å². The number of para-hydroxylation sites is 1. The molecule has 2 atom stereocenters. The van der Waals surface area contributed by atoms with Crippen molar-refractivity contribution in [3.8, 4) is 5.75 Å². The molecule has 14 heavy (non-hydrogen) atoms. The third-order valence-corrected chi connectivity index (χ3v) is 2.21. The lowest BCUT2D eigenvalue weighted by Gasteiger charge is -2.30. The van der Waals surface area contributed by atoms with Gasteiger partial charge >= 0.3 is 0 Å². The third kappa shape index (κ3) is 1.30. The molecule has 1 heterocycles. The van der Waals surface area contributed by atoms with Crippen LogP contribution in [0.5, 0.6) is 5.75 Å². The molecule has 1 aromatic carbocycles. The standard InChI is InChI=1S/C8H6F3NOS/c9-4-2-1-3-5-6(4)12(11)7(10)8(14)13-5/h1-3,7-8,14H. The lowest BCUT2D eigenvalue weighted by molar-refractivity contribution is 0.103. The summed E-state index contributed by atoms with van der Waals surface area (Å²) in [6.07, 6.45) is -2.11. The molecule has 1 aliphatic heterocycles. The van der Waals surface area contributed by atoms with E-state index in [-0.39, 0.29) is 10.9 Å². The van der Waals surface area contributed by atoms with E-state index >= 15 is 0 Å². The number of anilines is 1. The third-order valence-electron chi connectivity index (χ3n) is 1.86. The van der Waals surface area contributed by atoms with Gasteiger partial charge in [0.15, 0.2) is 16.9 Å². The molecule has 0 aromatic heterocycles. The molecule has 0 spiro atoms. The van der Waals surface area contributed by atoms with E-state index in [4.69, 9.17) is 4.74 Å². The number of halogens is 3. The second-order valence-corrected chi connectivity index (χ2v) is 3.29. The molecule has 0 amide bonds. The van der Waals surface area contributed by atoms with Gasteiger partial charge in [0.05, 0.1) is 0 Å². The molecule has 0 saturated heterocycles. The first-order chi connectivity index (χ1) is 6.61. The zero-order valence-corrected chi connectivity index (χ0v) is 7.72. The maximum absolute atomic E-state index is 13.2. The first kappa shape index (κ1) is 9.51. The fourth-order valence-electron chi connectivity index (χ4n) is 1.22. The van der Waals surface area contributed by atoms with Crippen molar-refractivity contribution >= 4 is 18.3 Å². The molecule has 0 bridgehead atoms. The number of hydrogen-bond acceptors (Lipinski definition) is 3. The van der Waals surface area contributed by atoms with Crippen LogP contribution < -0.4 is 9.86 Å². The zero-order chi connectivity index (χ0) is 10.3. The summed E-state index contributed by atoms with van der Waals surface area (Å²) >= 11 is 3.67. The Morgan fingerprint density at radius 2 is 2.14 bits per heavy atom. The van der Waals surface area contributed by atoms with E-state index in [2.05, 4.69) is 12.6 Å². The molecular formula is C8H6F3NOS. The fraction of sp³-hybridized carbons (Fsp3) is 0.250. The van der Waals surface area contributed by atoms with Crippen molar-refractivity contribution < 1.29 is 18.0 Å². The van der Waals surface area contributed by atoms with E-state index in [1.807, 2.05) is 0 Å². The minimum atomic E-state index is -2.11. The number of rotatable bonds is 0. The van der Waals surface area contributed by atoms with Crippen molar-refractivity contribution in [1.29, 1.82) is 0 Å². The second-order valence-electron chi connectivity index (χ2n) is 2.78. The van der Waals surface area contributed by atoms with Crippen LogP contribution in [-0.4, -0.2) is 11.7 Å². The molecular weight excluding hydrogens is 215 g/mol. The van der Waals surface area contributed by atoms with Crippen molar-refractivity contribution in [1.82, 2.24) is 0 Å². The van der Waals surface area contributed by atoms with Gasteiger partial charge in [-0.2, -0.15) is 5.12 Å². The lowest BCUT2D eigenvalue weighted by Crippen LogP contribution is -2.40. The number of ether oxygens (including phenoxy) is 1. The van der Waals surface area contributed by atoms with E-state index < -0.39 is 23.2 Å². The first-order valence-electron chi connectivity index (χ1n) is 3.83. The molecule has 6 heteroatoms. The number of fused-ring (bicyclic) bond motifs is 1. The van der Waals surface area contributed by atoms with Crippen molar-refractivity contribution in [3.05, 3.63) is 24.0 Å². The molecule has 0 N–H and O–H groups in total. The molecule has 0 saturated carbocycles. The van der Waals surface area contributed by atoms with Gasteiger partial charge in [0.25, 0.3) is 0 Å². The average Bonchev–Trinajstić information content (AvgIpc) is 2.14. The van der Waals surface area contributed by atoms with Crippen LogP contribution in [0.15, 0.2) is 18.2 Å². The molecule has 2 rings (SSSR count). The Bertz CT molecular complexity index is 362. The average molecular weight is 221 g/mol. The van der Waals surface area contributed by atoms with Crippen LogP contribution >= 0.6 is 12.6 Å². The molecule has 0 fully saturated rings. The summed E-state index contributed by atoms with van der Waals surface area (Å²) in [6, 6.07) is 3.72. The molecule has 76 valence electrons. The van der Waals surface area contributed by atoms with Crippen LogP contribution in [0.4, 0.5) is 18.9 Å². The van der Waals surface area contributed by atoms with Gasteiger partial charge in [0.1, 0.15) is 5.75 Å². The minimum absolute atomic E-state index is 0.0543. The predicted molar refractivity (Wildman–Crippen MR) is 48.3 cm³/mol. The molecule has 2 unspecified atom stereocenters. The van der Waals surface area contributed by atoms with E-state index in [1.54, 1.807) is 0 Å². The summed E-state index contributed by atoms with van der Waals surface area (Å²) in [5.74, 6) is -0.922. The Hall–Kier alpha value is -1.04. The quantitative estimate of drug-likeness (QED) is 0.410. The summed E-state index contributed by atoms with van der Waals surface area (Å²) in [6.45, 7) is 0. The number of benzene rings is 1. The van der Waals surface area contributed by atoms with E-state index in [0.717, 1.165) is 6.07 Å². The largest absolute Gasteiger partial charge is 0.472 e. The maximum atomic E-state index is 13.2. The number of alkyl halides is 1. The highest BCUT2D eigenvalue weighted by atomic mass is 32.1. The van der Waals surface area contributed by atoms with Crippen molar-refractivity contribution in [2.24, 2.45) is 0 Å². The Morgan fingerprint density at radius 3 is 2.86 bits per heavy atom. The summed E-state index contributed by atoms with van der Waals surface area (Å²) in [5.41, 5.74) is -1.78. The van der Waals surface area contributed by atoms with Crippen LogP contribution in [0.25, 0.3) is 0 Å². The Kier molecular flexibility index (Phi) is 2.22. The minimum Gasteiger partial charge on any atom is -0.472 e. The first-order valence-corrected chi connectivity index (χ1v) is 4.35. The van der Waals surface area contributed by atoms with Gasteiger partial charge in [-0.15, -0.1) is 12.6 Å². The highest BCUT2D eigenvalue weighted by Gasteiger charge is 2.36. The van der Waals surface area contributed by atoms with Gasteiger partial charge in [0, 0.05) is 0 Å².